The van der Waals surface area contributed by atoms with Crippen molar-refractivity contribution in [2.75, 3.05) is 0 Å². The molecule has 1 N–H and O–H groups in total. The van der Waals surface area contributed by atoms with Gasteiger partial charge in [-0.25, -0.2) is 0 Å². The summed E-state index contributed by atoms with van der Waals surface area (Å²) in [5.74, 6) is 0. The normalized spacial score (nSPS) is 20.7. The van der Waals surface area contributed by atoms with Crippen molar-refractivity contribution in [1.29, 1.82) is 0 Å². The van der Waals surface area contributed by atoms with E-state index in [1.165, 1.54) is 9.99 Å². The van der Waals surface area contributed by atoms with Gasteiger partial charge in [0, 0.05) is 3.57 Å². The lowest BCUT2D eigenvalue weighted by Gasteiger charge is -2.33. The Hall–Kier alpha value is -0.0900. The summed E-state index contributed by atoms with van der Waals surface area (Å²) in [7, 11) is 0. The fourth-order valence-electron chi connectivity index (χ4n) is 2.24. The summed E-state index contributed by atoms with van der Waals surface area (Å²) in [6, 6.07) is 8.18. The van der Waals surface area contributed by atoms with Crippen LogP contribution in [0.25, 0.3) is 0 Å². The van der Waals surface area contributed by atoms with Gasteiger partial charge in [-0.15, -0.1) is 0 Å². The van der Waals surface area contributed by atoms with Crippen LogP contribution in [0.3, 0.4) is 0 Å². The largest absolute Gasteiger partial charge is 0.385 e. The summed E-state index contributed by atoms with van der Waals surface area (Å²) in [5, 5.41) is 10.5. The van der Waals surface area contributed by atoms with Crippen LogP contribution in [-0.2, 0) is 5.60 Å². The summed E-state index contributed by atoms with van der Waals surface area (Å²) < 4.78 is 1.19. The third kappa shape index (κ3) is 1.96. The molecule has 1 fully saturated rings. The van der Waals surface area contributed by atoms with Gasteiger partial charge < -0.3 is 5.11 Å². The van der Waals surface area contributed by atoms with Crippen LogP contribution in [0, 0.1) is 3.57 Å². The molecule has 2 heteroatoms. The van der Waals surface area contributed by atoms with Crippen LogP contribution in [0.1, 0.15) is 37.7 Å². The minimum atomic E-state index is -0.546. The van der Waals surface area contributed by atoms with Gasteiger partial charge in [-0.1, -0.05) is 37.5 Å². The lowest BCUT2D eigenvalue weighted by molar-refractivity contribution is -0.00137. The molecular formula is C12H15IO. The molecule has 1 aliphatic carbocycles. The molecule has 0 unspecified atom stereocenters. The zero-order valence-electron chi connectivity index (χ0n) is 8.17. The molecule has 1 aliphatic rings. The van der Waals surface area contributed by atoms with Crippen LogP contribution in [0.15, 0.2) is 24.3 Å². The smallest absolute Gasteiger partial charge is 0.0906 e. The molecule has 1 aromatic carbocycles. The van der Waals surface area contributed by atoms with Crippen molar-refractivity contribution in [3.8, 4) is 0 Å². The first-order chi connectivity index (χ1) is 6.72. The number of halogens is 1. The zero-order chi connectivity index (χ0) is 10.0. The molecule has 0 aromatic heterocycles. The summed E-state index contributed by atoms with van der Waals surface area (Å²) in [5.41, 5.74) is 0.580. The Kier molecular flexibility index (Phi) is 3.12. The Morgan fingerprint density at radius 1 is 1.07 bits per heavy atom. The maximum absolute atomic E-state index is 10.5. The maximum atomic E-state index is 10.5. The van der Waals surface area contributed by atoms with Gasteiger partial charge in [0.1, 0.15) is 0 Å². The van der Waals surface area contributed by atoms with E-state index in [0.29, 0.717) is 0 Å². The first-order valence-electron chi connectivity index (χ1n) is 5.20. The predicted octanol–water partition coefficient (Wildman–Crippen LogP) is 3.44. The zero-order valence-corrected chi connectivity index (χ0v) is 10.3. The second-order valence-electron chi connectivity index (χ2n) is 4.07. The van der Waals surface area contributed by atoms with E-state index in [-0.39, 0.29) is 0 Å². The highest BCUT2D eigenvalue weighted by Gasteiger charge is 2.32. The number of rotatable bonds is 1. The van der Waals surface area contributed by atoms with Crippen LogP contribution in [0.2, 0.25) is 0 Å². The van der Waals surface area contributed by atoms with Gasteiger partial charge in [0.25, 0.3) is 0 Å². The summed E-state index contributed by atoms with van der Waals surface area (Å²) in [6.45, 7) is 0. The molecular weight excluding hydrogens is 287 g/mol. The number of hydrogen-bond acceptors (Lipinski definition) is 1. The van der Waals surface area contributed by atoms with Crippen molar-refractivity contribution in [2.24, 2.45) is 0 Å². The van der Waals surface area contributed by atoms with E-state index >= 15 is 0 Å². The lowest BCUT2D eigenvalue weighted by atomic mass is 9.80. The Bertz CT molecular complexity index is 316. The lowest BCUT2D eigenvalue weighted by Crippen LogP contribution is -2.29. The van der Waals surface area contributed by atoms with Crippen molar-refractivity contribution >= 4 is 22.6 Å². The number of hydrogen-bond donors (Lipinski definition) is 1. The first kappa shape index (κ1) is 10.4. The topological polar surface area (TPSA) is 20.2 Å². The second-order valence-corrected chi connectivity index (χ2v) is 5.23. The van der Waals surface area contributed by atoms with Crippen molar-refractivity contribution in [1.82, 2.24) is 0 Å². The van der Waals surface area contributed by atoms with Gasteiger partial charge in [0.2, 0.25) is 0 Å². The molecule has 2 rings (SSSR count). The van der Waals surface area contributed by atoms with E-state index in [1.807, 2.05) is 12.1 Å². The van der Waals surface area contributed by atoms with E-state index in [2.05, 4.69) is 34.7 Å². The Balaban J connectivity index is 2.32. The highest BCUT2D eigenvalue weighted by molar-refractivity contribution is 14.1. The van der Waals surface area contributed by atoms with E-state index in [9.17, 15) is 5.11 Å². The molecule has 1 saturated carbocycles. The van der Waals surface area contributed by atoms with E-state index in [1.54, 1.807) is 0 Å². The molecule has 0 saturated heterocycles. The van der Waals surface area contributed by atoms with Gasteiger partial charge in [-0.2, -0.15) is 0 Å². The van der Waals surface area contributed by atoms with Crippen LogP contribution >= 0.6 is 22.6 Å². The Labute approximate surface area is 98.7 Å². The van der Waals surface area contributed by atoms with Crippen molar-refractivity contribution in [3.05, 3.63) is 33.4 Å². The van der Waals surface area contributed by atoms with Crippen LogP contribution in [-0.4, -0.2) is 5.11 Å². The van der Waals surface area contributed by atoms with Crippen molar-refractivity contribution in [3.63, 3.8) is 0 Å². The molecule has 0 radical (unpaired) electrons. The minimum Gasteiger partial charge on any atom is -0.385 e. The fraction of sp³-hybridized carbons (Fsp3) is 0.500. The van der Waals surface area contributed by atoms with E-state index in [0.717, 1.165) is 31.2 Å². The van der Waals surface area contributed by atoms with Gasteiger partial charge in [0.15, 0.2) is 0 Å². The molecule has 14 heavy (non-hydrogen) atoms. The van der Waals surface area contributed by atoms with E-state index in [4.69, 9.17) is 0 Å². The molecule has 0 atom stereocenters. The molecule has 0 aliphatic heterocycles. The van der Waals surface area contributed by atoms with Gasteiger partial charge in [-0.05, 0) is 47.1 Å². The molecule has 0 heterocycles. The monoisotopic (exact) mass is 302 g/mol. The quantitative estimate of drug-likeness (QED) is 0.788. The van der Waals surface area contributed by atoms with Crippen LogP contribution in [0.4, 0.5) is 0 Å². The number of benzene rings is 1. The average molecular weight is 302 g/mol. The predicted molar refractivity (Wildman–Crippen MR) is 66.1 cm³/mol. The Morgan fingerprint density at radius 3 is 2.36 bits per heavy atom. The van der Waals surface area contributed by atoms with E-state index < -0.39 is 5.60 Å². The molecule has 1 aromatic rings. The molecule has 76 valence electrons. The first-order valence-corrected chi connectivity index (χ1v) is 6.28. The highest BCUT2D eigenvalue weighted by Crippen LogP contribution is 2.38. The molecule has 0 spiro atoms. The number of aliphatic hydroxyl groups is 1. The molecule has 1 nitrogen and oxygen atoms in total. The molecule has 0 amide bonds. The standard InChI is InChI=1S/C12H15IO/c13-11-7-3-2-6-10(11)12(14)8-4-1-5-9-12/h2-3,6-7,14H,1,4-5,8-9H2. The van der Waals surface area contributed by atoms with Crippen LogP contribution < -0.4 is 0 Å². The fourth-order valence-corrected chi connectivity index (χ4v) is 3.13. The van der Waals surface area contributed by atoms with Crippen molar-refractivity contribution in [2.45, 2.75) is 37.7 Å². The highest BCUT2D eigenvalue weighted by atomic mass is 127. The Morgan fingerprint density at radius 2 is 1.71 bits per heavy atom. The average Bonchev–Trinajstić information content (AvgIpc) is 2.19. The summed E-state index contributed by atoms with van der Waals surface area (Å²) in [6.07, 6.45) is 5.43. The van der Waals surface area contributed by atoms with Gasteiger partial charge in [0.05, 0.1) is 5.60 Å². The third-order valence-corrected chi connectivity index (χ3v) is 4.00. The molecule has 0 bridgehead atoms. The van der Waals surface area contributed by atoms with Crippen molar-refractivity contribution < 1.29 is 5.11 Å². The summed E-state index contributed by atoms with van der Waals surface area (Å²) >= 11 is 2.31. The SMILES string of the molecule is OC1(c2ccccc2I)CCCCC1. The third-order valence-electron chi connectivity index (χ3n) is 3.06. The van der Waals surface area contributed by atoms with Crippen LogP contribution in [0.5, 0.6) is 0 Å². The maximum Gasteiger partial charge on any atom is 0.0906 e. The minimum absolute atomic E-state index is 0.546. The summed E-state index contributed by atoms with van der Waals surface area (Å²) in [4.78, 5) is 0. The second kappa shape index (κ2) is 4.19. The van der Waals surface area contributed by atoms with Gasteiger partial charge in [-0.3, -0.25) is 0 Å². The van der Waals surface area contributed by atoms with Gasteiger partial charge >= 0.3 is 0 Å².